The third-order valence-electron chi connectivity index (χ3n) is 3.18. The van der Waals surface area contributed by atoms with E-state index in [2.05, 4.69) is 27.1 Å². The van der Waals surface area contributed by atoms with E-state index in [1.54, 1.807) is 0 Å². The van der Waals surface area contributed by atoms with Crippen molar-refractivity contribution in [2.45, 2.75) is 32.9 Å². The zero-order valence-electron chi connectivity index (χ0n) is 9.08. The van der Waals surface area contributed by atoms with Gasteiger partial charge in [0.25, 0.3) is 0 Å². The van der Waals surface area contributed by atoms with Crippen molar-refractivity contribution >= 4 is 5.82 Å². The molecule has 2 aliphatic heterocycles. The van der Waals surface area contributed by atoms with Gasteiger partial charge in [-0.15, -0.1) is 0 Å². The Bertz CT molecular complexity index is 384. The zero-order chi connectivity index (χ0) is 10.3. The van der Waals surface area contributed by atoms with Crippen LogP contribution in [0.25, 0.3) is 0 Å². The first-order valence-corrected chi connectivity index (χ1v) is 5.73. The van der Waals surface area contributed by atoms with Crippen LogP contribution in [-0.4, -0.2) is 23.1 Å². The molecule has 0 aromatic carbocycles. The molecule has 0 saturated carbocycles. The molecule has 1 fully saturated rings. The Morgan fingerprint density at radius 2 is 2.13 bits per heavy atom. The summed E-state index contributed by atoms with van der Waals surface area (Å²) in [6.07, 6.45) is 2.22. The lowest BCUT2D eigenvalue weighted by molar-refractivity contribution is 0.603. The van der Waals surface area contributed by atoms with Crippen molar-refractivity contribution in [1.29, 1.82) is 0 Å². The number of aromatic nitrogens is 2. The van der Waals surface area contributed by atoms with Crippen molar-refractivity contribution in [3.05, 3.63) is 17.1 Å². The van der Waals surface area contributed by atoms with Crippen molar-refractivity contribution in [3.63, 3.8) is 0 Å². The number of anilines is 1. The molecule has 1 saturated heterocycles. The van der Waals surface area contributed by atoms with Crippen molar-refractivity contribution in [1.82, 2.24) is 15.3 Å². The Labute approximate surface area is 89.7 Å². The quantitative estimate of drug-likeness (QED) is 0.775. The van der Waals surface area contributed by atoms with Gasteiger partial charge in [-0.2, -0.15) is 0 Å². The maximum atomic E-state index is 4.66. The van der Waals surface area contributed by atoms with Gasteiger partial charge in [-0.05, 0) is 6.42 Å². The van der Waals surface area contributed by atoms with E-state index in [0.29, 0.717) is 0 Å². The van der Waals surface area contributed by atoms with Crippen LogP contribution in [0.2, 0.25) is 0 Å². The summed E-state index contributed by atoms with van der Waals surface area (Å²) in [6.45, 7) is 6.28. The van der Waals surface area contributed by atoms with Gasteiger partial charge in [0.2, 0.25) is 0 Å². The van der Waals surface area contributed by atoms with E-state index >= 15 is 0 Å². The lowest BCUT2D eigenvalue weighted by atomic mass is 10.1. The summed E-state index contributed by atoms with van der Waals surface area (Å²) in [6, 6.07) is 0. The van der Waals surface area contributed by atoms with Crippen LogP contribution < -0.4 is 10.2 Å². The third-order valence-corrected chi connectivity index (χ3v) is 3.18. The Hall–Kier alpha value is -1.16. The van der Waals surface area contributed by atoms with Crippen LogP contribution in [0, 0.1) is 0 Å². The van der Waals surface area contributed by atoms with Crippen molar-refractivity contribution < 1.29 is 0 Å². The van der Waals surface area contributed by atoms with E-state index in [4.69, 9.17) is 0 Å². The fraction of sp³-hybridized carbons (Fsp3) is 0.636. The van der Waals surface area contributed by atoms with Gasteiger partial charge in [-0.1, -0.05) is 6.92 Å². The van der Waals surface area contributed by atoms with Crippen LogP contribution in [0.4, 0.5) is 5.82 Å². The largest absolute Gasteiger partial charge is 0.356 e. The topological polar surface area (TPSA) is 41.1 Å². The second kappa shape index (κ2) is 3.45. The number of nitrogens with zero attached hydrogens (tertiary/aromatic N) is 3. The standard InChI is InChI=1S/C11H16N4/c1-2-10-13-9-7-12-6-8(9)11(14-10)15-4-3-5-15/h12H,2-7H2,1H3. The second-order valence-electron chi connectivity index (χ2n) is 4.19. The van der Waals surface area contributed by atoms with Gasteiger partial charge in [-0.3, -0.25) is 0 Å². The van der Waals surface area contributed by atoms with Crippen LogP contribution in [-0.2, 0) is 19.5 Å². The number of rotatable bonds is 2. The van der Waals surface area contributed by atoms with Crippen molar-refractivity contribution in [2.75, 3.05) is 18.0 Å². The summed E-state index contributed by atoms with van der Waals surface area (Å²) in [7, 11) is 0. The van der Waals surface area contributed by atoms with Gasteiger partial charge >= 0.3 is 0 Å². The van der Waals surface area contributed by atoms with Crippen LogP contribution in [0.1, 0.15) is 30.4 Å². The molecular weight excluding hydrogens is 188 g/mol. The molecule has 0 amide bonds. The number of hydrogen-bond donors (Lipinski definition) is 1. The fourth-order valence-corrected chi connectivity index (χ4v) is 2.15. The first kappa shape index (κ1) is 9.09. The Kier molecular flexibility index (Phi) is 2.09. The van der Waals surface area contributed by atoms with Crippen LogP contribution in [0.15, 0.2) is 0 Å². The lowest BCUT2D eigenvalue weighted by Gasteiger charge is -2.33. The molecule has 15 heavy (non-hydrogen) atoms. The molecule has 4 heteroatoms. The van der Waals surface area contributed by atoms with Gasteiger partial charge in [0, 0.05) is 38.2 Å². The molecule has 0 atom stereocenters. The summed E-state index contributed by atoms with van der Waals surface area (Å²) in [5.74, 6) is 2.17. The molecule has 3 rings (SSSR count). The number of fused-ring (bicyclic) bond motifs is 1. The van der Waals surface area contributed by atoms with Crippen molar-refractivity contribution in [2.24, 2.45) is 0 Å². The molecule has 0 spiro atoms. The van der Waals surface area contributed by atoms with Crippen LogP contribution >= 0.6 is 0 Å². The number of aryl methyl sites for hydroxylation is 1. The van der Waals surface area contributed by atoms with E-state index in [1.807, 2.05) is 0 Å². The molecule has 2 aliphatic rings. The molecule has 1 N–H and O–H groups in total. The average Bonchev–Trinajstić information content (AvgIpc) is 2.62. The highest BCUT2D eigenvalue weighted by Gasteiger charge is 2.25. The molecule has 0 aliphatic carbocycles. The molecule has 1 aromatic rings. The predicted octanol–water partition coefficient (Wildman–Crippen LogP) is 0.852. The van der Waals surface area contributed by atoms with E-state index in [-0.39, 0.29) is 0 Å². The third kappa shape index (κ3) is 1.40. The molecule has 80 valence electrons. The van der Waals surface area contributed by atoms with Gasteiger partial charge in [0.1, 0.15) is 11.6 Å². The summed E-state index contributed by atoms with van der Waals surface area (Å²) >= 11 is 0. The second-order valence-corrected chi connectivity index (χ2v) is 4.19. The average molecular weight is 204 g/mol. The van der Waals surface area contributed by atoms with Gasteiger partial charge in [0.05, 0.1) is 5.69 Å². The molecule has 4 nitrogen and oxygen atoms in total. The highest BCUT2D eigenvalue weighted by Crippen LogP contribution is 2.27. The van der Waals surface area contributed by atoms with Gasteiger partial charge < -0.3 is 10.2 Å². The summed E-state index contributed by atoms with van der Waals surface area (Å²) in [4.78, 5) is 11.6. The van der Waals surface area contributed by atoms with E-state index in [9.17, 15) is 0 Å². The number of hydrogen-bond acceptors (Lipinski definition) is 4. The lowest BCUT2D eigenvalue weighted by Crippen LogP contribution is -2.38. The highest BCUT2D eigenvalue weighted by molar-refractivity contribution is 5.52. The summed E-state index contributed by atoms with van der Waals surface area (Å²) in [5, 5.41) is 3.35. The van der Waals surface area contributed by atoms with Gasteiger partial charge in [-0.25, -0.2) is 9.97 Å². The SMILES string of the molecule is CCc1nc2c(c(N3CCC3)n1)CNC2. The minimum atomic E-state index is 0.908. The Balaban J connectivity index is 2.06. The van der Waals surface area contributed by atoms with Crippen LogP contribution in [0.3, 0.4) is 0 Å². The summed E-state index contributed by atoms with van der Waals surface area (Å²) in [5.41, 5.74) is 2.54. The van der Waals surface area contributed by atoms with E-state index < -0.39 is 0 Å². The fourth-order valence-electron chi connectivity index (χ4n) is 2.15. The molecule has 0 bridgehead atoms. The normalized spacial score (nSPS) is 18.9. The molecule has 0 radical (unpaired) electrons. The van der Waals surface area contributed by atoms with E-state index in [0.717, 1.165) is 38.4 Å². The Morgan fingerprint density at radius 3 is 2.80 bits per heavy atom. The molecule has 1 aromatic heterocycles. The first-order chi connectivity index (χ1) is 7.38. The minimum absolute atomic E-state index is 0.908. The Morgan fingerprint density at radius 1 is 1.27 bits per heavy atom. The maximum Gasteiger partial charge on any atom is 0.137 e. The first-order valence-electron chi connectivity index (χ1n) is 5.73. The summed E-state index contributed by atoms with van der Waals surface area (Å²) < 4.78 is 0. The highest BCUT2D eigenvalue weighted by atomic mass is 15.2. The van der Waals surface area contributed by atoms with Crippen molar-refractivity contribution in [3.8, 4) is 0 Å². The van der Waals surface area contributed by atoms with Crippen LogP contribution in [0.5, 0.6) is 0 Å². The minimum Gasteiger partial charge on any atom is -0.356 e. The van der Waals surface area contributed by atoms with Gasteiger partial charge in [0.15, 0.2) is 0 Å². The number of nitrogens with one attached hydrogen (secondary N) is 1. The smallest absolute Gasteiger partial charge is 0.137 e. The predicted molar refractivity (Wildman–Crippen MR) is 58.8 cm³/mol. The monoisotopic (exact) mass is 204 g/mol. The maximum absolute atomic E-state index is 4.66. The molecule has 0 unspecified atom stereocenters. The zero-order valence-corrected chi connectivity index (χ0v) is 9.08. The molecule has 3 heterocycles. The molecular formula is C11H16N4. The van der Waals surface area contributed by atoms with E-state index in [1.165, 1.54) is 23.5 Å².